The molecule has 2 atom stereocenters. The van der Waals surface area contributed by atoms with Crippen LogP contribution in [0.3, 0.4) is 0 Å². The number of amides is 1. The molecule has 4 nitrogen and oxygen atoms in total. The zero-order chi connectivity index (χ0) is 16.2. The number of hydrogen-bond donors (Lipinski definition) is 2. The summed E-state index contributed by atoms with van der Waals surface area (Å²) < 4.78 is 5.42. The number of rotatable bonds is 5. The van der Waals surface area contributed by atoms with E-state index in [1.165, 1.54) is 38.5 Å². The monoisotopic (exact) mass is 310 g/mol. The van der Waals surface area contributed by atoms with Crippen LogP contribution in [0.5, 0.6) is 0 Å². The largest absolute Gasteiger partial charge is 0.444 e. The van der Waals surface area contributed by atoms with Crippen LogP contribution in [0.4, 0.5) is 4.79 Å². The minimum Gasteiger partial charge on any atom is -0.444 e. The summed E-state index contributed by atoms with van der Waals surface area (Å²) in [7, 11) is 0. The standard InChI is InChI=1S/C18H34N2O2/c1-5-14-8-6-9-15(12-14)19-13-18(10-7-11-18)20-16(21)22-17(2,3)4/h14-15,19H,5-13H2,1-4H3,(H,20,21). The highest BCUT2D eigenvalue weighted by molar-refractivity contribution is 5.69. The molecular weight excluding hydrogens is 276 g/mol. The van der Waals surface area contributed by atoms with E-state index < -0.39 is 5.60 Å². The molecule has 0 aromatic heterocycles. The lowest BCUT2D eigenvalue weighted by Gasteiger charge is -2.44. The van der Waals surface area contributed by atoms with Crippen molar-refractivity contribution in [3.63, 3.8) is 0 Å². The van der Waals surface area contributed by atoms with Gasteiger partial charge >= 0.3 is 6.09 Å². The van der Waals surface area contributed by atoms with E-state index in [-0.39, 0.29) is 11.6 Å². The van der Waals surface area contributed by atoms with Gasteiger partial charge in [-0.25, -0.2) is 4.79 Å². The van der Waals surface area contributed by atoms with E-state index in [9.17, 15) is 4.79 Å². The van der Waals surface area contributed by atoms with E-state index in [1.807, 2.05) is 20.8 Å². The highest BCUT2D eigenvalue weighted by Gasteiger charge is 2.40. The van der Waals surface area contributed by atoms with Crippen LogP contribution in [0.25, 0.3) is 0 Å². The summed E-state index contributed by atoms with van der Waals surface area (Å²) in [6.45, 7) is 8.90. The van der Waals surface area contributed by atoms with Crippen LogP contribution < -0.4 is 10.6 Å². The Kier molecular flexibility index (Phi) is 5.76. The van der Waals surface area contributed by atoms with Gasteiger partial charge in [0.05, 0.1) is 5.54 Å². The molecule has 2 N–H and O–H groups in total. The molecule has 0 saturated heterocycles. The summed E-state index contributed by atoms with van der Waals surface area (Å²) in [4.78, 5) is 12.1. The molecule has 128 valence electrons. The van der Waals surface area contributed by atoms with Crippen molar-refractivity contribution >= 4 is 6.09 Å². The van der Waals surface area contributed by atoms with Crippen LogP contribution in [0, 0.1) is 5.92 Å². The van der Waals surface area contributed by atoms with E-state index in [2.05, 4.69) is 17.6 Å². The van der Waals surface area contributed by atoms with Gasteiger partial charge in [0.2, 0.25) is 0 Å². The number of nitrogens with one attached hydrogen (secondary N) is 2. The number of carbonyl (C=O) groups excluding carboxylic acids is 1. The van der Waals surface area contributed by atoms with Gasteiger partial charge in [0, 0.05) is 12.6 Å². The van der Waals surface area contributed by atoms with Crippen LogP contribution in [0.2, 0.25) is 0 Å². The highest BCUT2D eigenvalue weighted by Crippen LogP contribution is 2.33. The van der Waals surface area contributed by atoms with Crippen LogP contribution in [-0.4, -0.2) is 29.8 Å². The average molecular weight is 310 g/mol. The molecular formula is C18H34N2O2. The van der Waals surface area contributed by atoms with Gasteiger partial charge in [-0.2, -0.15) is 0 Å². The Hall–Kier alpha value is -0.770. The Bertz CT molecular complexity index is 372. The summed E-state index contributed by atoms with van der Waals surface area (Å²) in [5.74, 6) is 0.877. The Morgan fingerprint density at radius 3 is 2.50 bits per heavy atom. The smallest absolute Gasteiger partial charge is 0.408 e. The average Bonchev–Trinajstić information content (AvgIpc) is 2.40. The number of ether oxygens (including phenoxy) is 1. The number of hydrogen-bond acceptors (Lipinski definition) is 3. The molecule has 2 rings (SSSR count). The highest BCUT2D eigenvalue weighted by atomic mass is 16.6. The third-order valence-electron chi connectivity index (χ3n) is 5.17. The zero-order valence-electron chi connectivity index (χ0n) is 14.8. The molecule has 0 bridgehead atoms. The molecule has 0 aliphatic heterocycles. The van der Waals surface area contributed by atoms with Crippen molar-refractivity contribution in [1.29, 1.82) is 0 Å². The maximum absolute atomic E-state index is 12.1. The first-order chi connectivity index (χ1) is 10.3. The molecule has 0 aromatic carbocycles. The summed E-state index contributed by atoms with van der Waals surface area (Å²) in [5, 5.41) is 6.85. The van der Waals surface area contributed by atoms with Crippen molar-refractivity contribution in [3.8, 4) is 0 Å². The molecule has 0 radical (unpaired) electrons. The van der Waals surface area contributed by atoms with Crippen molar-refractivity contribution in [1.82, 2.24) is 10.6 Å². The van der Waals surface area contributed by atoms with Crippen molar-refractivity contribution in [2.75, 3.05) is 6.54 Å². The van der Waals surface area contributed by atoms with Crippen LogP contribution in [0.15, 0.2) is 0 Å². The van der Waals surface area contributed by atoms with Crippen molar-refractivity contribution in [2.45, 2.75) is 96.2 Å². The fourth-order valence-electron chi connectivity index (χ4n) is 3.66. The molecule has 4 heteroatoms. The second kappa shape index (κ2) is 7.20. The van der Waals surface area contributed by atoms with Gasteiger partial charge in [0.25, 0.3) is 0 Å². The predicted molar refractivity (Wildman–Crippen MR) is 90.0 cm³/mol. The van der Waals surface area contributed by atoms with Crippen molar-refractivity contribution in [3.05, 3.63) is 0 Å². The van der Waals surface area contributed by atoms with Crippen LogP contribution in [-0.2, 0) is 4.74 Å². The third kappa shape index (κ3) is 5.15. The lowest BCUT2D eigenvalue weighted by Crippen LogP contribution is -2.61. The minimum atomic E-state index is -0.430. The Balaban J connectivity index is 1.79. The van der Waals surface area contributed by atoms with E-state index in [1.54, 1.807) is 0 Å². The normalized spacial score (nSPS) is 27.8. The summed E-state index contributed by atoms with van der Waals surface area (Å²) >= 11 is 0. The SMILES string of the molecule is CCC1CCCC(NCC2(NC(=O)OC(C)(C)C)CCC2)C1. The van der Waals surface area contributed by atoms with Gasteiger partial charge in [-0.15, -0.1) is 0 Å². The molecule has 2 aliphatic rings. The molecule has 1 amide bonds. The zero-order valence-corrected chi connectivity index (χ0v) is 14.8. The van der Waals surface area contributed by atoms with Crippen molar-refractivity contribution in [2.24, 2.45) is 5.92 Å². The Morgan fingerprint density at radius 1 is 1.23 bits per heavy atom. The summed E-state index contributed by atoms with van der Waals surface area (Å²) in [6, 6.07) is 0.622. The van der Waals surface area contributed by atoms with Gasteiger partial charge < -0.3 is 15.4 Å². The quantitative estimate of drug-likeness (QED) is 0.807. The first-order valence-corrected chi connectivity index (χ1v) is 9.06. The fourth-order valence-corrected chi connectivity index (χ4v) is 3.66. The molecule has 22 heavy (non-hydrogen) atoms. The lowest BCUT2D eigenvalue weighted by atomic mass is 9.76. The lowest BCUT2D eigenvalue weighted by molar-refractivity contribution is 0.0375. The Labute approximate surface area is 135 Å². The maximum atomic E-state index is 12.1. The maximum Gasteiger partial charge on any atom is 0.408 e. The van der Waals surface area contributed by atoms with Gasteiger partial charge in [-0.1, -0.05) is 26.2 Å². The molecule has 2 saturated carbocycles. The molecule has 2 unspecified atom stereocenters. The molecule has 2 fully saturated rings. The number of alkyl carbamates (subject to hydrolysis) is 1. The van der Waals surface area contributed by atoms with Gasteiger partial charge in [0.15, 0.2) is 0 Å². The number of carbonyl (C=O) groups is 1. The predicted octanol–water partition coefficient (Wildman–Crippen LogP) is 3.99. The van der Waals surface area contributed by atoms with E-state index in [4.69, 9.17) is 4.74 Å². The fraction of sp³-hybridized carbons (Fsp3) is 0.944. The minimum absolute atomic E-state index is 0.0819. The second-order valence-electron chi connectivity index (χ2n) is 8.28. The van der Waals surface area contributed by atoms with Gasteiger partial charge in [-0.05, 0) is 58.8 Å². The summed E-state index contributed by atoms with van der Waals surface area (Å²) in [6.07, 6.45) is 9.62. The molecule has 0 aromatic rings. The second-order valence-corrected chi connectivity index (χ2v) is 8.28. The van der Waals surface area contributed by atoms with Crippen LogP contribution >= 0.6 is 0 Å². The molecule has 0 heterocycles. The van der Waals surface area contributed by atoms with Gasteiger partial charge in [-0.3, -0.25) is 0 Å². The third-order valence-corrected chi connectivity index (χ3v) is 5.17. The first-order valence-electron chi connectivity index (χ1n) is 9.06. The molecule has 2 aliphatic carbocycles. The van der Waals surface area contributed by atoms with E-state index in [0.717, 1.165) is 25.3 Å². The topological polar surface area (TPSA) is 50.4 Å². The first kappa shape index (κ1) is 17.6. The molecule has 0 spiro atoms. The van der Waals surface area contributed by atoms with Crippen molar-refractivity contribution < 1.29 is 9.53 Å². The Morgan fingerprint density at radius 2 is 1.95 bits per heavy atom. The van der Waals surface area contributed by atoms with Crippen LogP contribution in [0.1, 0.15) is 79.1 Å². The van der Waals surface area contributed by atoms with E-state index in [0.29, 0.717) is 6.04 Å². The van der Waals surface area contributed by atoms with E-state index >= 15 is 0 Å². The van der Waals surface area contributed by atoms with Gasteiger partial charge in [0.1, 0.15) is 5.60 Å². The summed E-state index contributed by atoms with van der Waals surface area (Å²) in [5.41, 5.74) is -0.512.